The molecule has 0 aliphatic heterocycles. The first-order valence-corrected chi connectivity index (χ1v) is 10.7. The third-order valence-electron chi connectivity index (χ3n) is 4.36. The summed E-state index contributed by atoms with van der Waals surface area (Å²) >= 11 is 9.44. The number of carbonyl (C=O) groups is 1. The zero-order valence-corrected chi connectivity index (χ0v) is 18.2. The van der Waals surface area contributed by atoms with Crippen molar-refractivity contribution in [1.29, 1.82) is 0 Å². The summed E-state index contributed by atoms with van der Waals surface area (Å²) in [6.07, 6.45) is 1.36. The number of phenols is 1. The van der Waals surface area contributed by atoms with Gasteiger partial charge < -0.3 is 14.6 Å². The summed E-state index contributed by atoms with van der Waals surface area (Å²) in [5.74, 6) is 0.161. The molecule has 0 unspecified atom stereocenters. The van der Waals surface area contributed by atoms with Crippen LogP contribution in [0.4, 0.5) is 4.39 Å². The third kappa shape index (κ3) is 5.32. The molecule has 0 saturated heterocycles. The number of benzene rings is 3. The Hall–Kier alpha value is -2.57. The minimum Gasteiger partial charge on any atom is -0.507 e. The highest BCUT2D eigenvalue weighted by Gasteiger charge is 2.13. The molecular weight excluding hydrogens is 475 g/mol. The van der Waals surface area contributed by atoms with E-state index in [1.165, 1.54) is 12.1 Å². The van der Waals surface area contributed by atoms with E-state index in [9.17, 15) is 9.90 Å². The molecule has 30 heavy (non-hydrogen) atoms. The van der Waals surface area contributed by atoms with E-state index in [-0.39, 0.29) is 28.7 Å². The van der Waals surface area contributed by atoms with Gasteiger partial charge in [0.1, 0.15) is 29.7 Å². The molecule has 0 amide bonds. The molecule has 0 heterocycles. The van der Waals surface area contributed by atoms with Crippen molar-refractivity contribution in [3.8, 4) is 28.4 Å². The van der Waals surface area contributed by atoms with Gasteiger partial charge in [-0.2, -0.15) is 0 Å². The summed E-state index contributed by atoms with van der Waals surface area (Å²) in [5, 5.41) is 10.8. The van der Waals surface area contributed by atoms with Gasteiger partial charge in [-0.15, -0.1) is 0 Å². The summed E-state index contributed by atoms with van der Waals surface area (Å²) in [4.78, 5) is 10.9. The molecule has 0 aromatic heterocycles. The number of halogens is 3. The maximum Gasteiger partial charge on any atom is 0.153 e. The Morgan fingerprint density at radius 2 is 1.90 bits per heavy atom. The third-order valence-corrected chi connectivity index (χ3v) is 5.22. The van der Waals surface area contributed by atoms with Crippen LogP contribution in [0.3, 0.4) is 0 Å². The van der Waals surface area contributed by atoms with Gasteiger partial charge in [-0.25, -0.2) is 4.39 Å². The first kappa shape index (κ1) is 22.1. The number of rotatable bonds is 9. The smallest absolute Gasteiger partial charge is 0.153 e. The number of hydrogen-bond donors (Lipinski definition) is 1. The van der Waals surface area contributed by atoms with Gasteiger partial charge in [0, 0.05) is 22.5 Å². The molecule has 0 bridgehead atoms. The minimum atomic E-state index is -0.417. The number of carbonyl (C=O) groups excluding carboxylic acids is 1. The molecule has 1 N–H and O–H groups in total. The zero-order valence-electron chi connectivity index (χ0n) is 15.9. The maximum atomic E-state index is 15.1. The summed E-state index contributed by atoms with van der Waals surface area (Å²) < 4.78 is 26.4. The second-order valence-electron chi connectivity index (χ2n) is 6.45. The van der Waals surface area contributed by atoms with Crippen molar-refractivity contribution in [2.75, 3.05) is 11.9 Å². The van der Waals surface area contributed by atoms with Crippen molar-refractivity contribution in [1.82, 2.24) is 0 Å². The van der Waals surface area contributed by atoms with Crippen molar-refractivity contribution < 1.29 is 23.8 Å². The molecule has 3 aromatic rings. The number of ether oxygens (including phenoxy) is 2. The topological polar surface area (TPSA) is 55.8 Å². The molecule has 4 nitrogen and oxygen atoms in total. The second kappa shape index (κ2) is 10.5. The Morgan fingerprint density at radius 1 is 1.10 bits per heavy atom. The van der Waals surface area contributed by atoms with Gasteiger partial charge in [0.2, 0.25) is 0 Å². The Morgan fingerprint density at radius 3 is 2.67 bits per heavy atom. The fraction of sp³-hybridized carbons (Fsp3) is 0.174. The van der Waals surface area contributed by atoms with E-state index < -0.39 is 5.82 Å². The molecule has 0 spiro atoms. The predicted octanol–water partition coefficient (Wildman–Crippen LogP) is 6.41. The van der Waals surface area contributed by atoms with E-state index >= 15 is 4.39 Å². The monoisotopic (exact) mass is 492 g/mol. The van der Waals surface area contributed by atoms with E-state index in [1.54, 1.807) is 24.3 Å². The Balaban J connectivity index is 1.80. The molecular formula is C23H19BrClFO4. The average molecular weight is 494 g/mol. The van der Waals surface area contributed by atoms with Gasteiger partial charge >= 0.3 is 0 Å². The van der Waals surface area contributed by atoms with Gasteiger partial charge in [-0.3, -0.25) is 4.79 Å². The van der Waals surface area contributed by atoms with Crippen molar-refractivity contribution in [3.63, 3.8) is 0 Å². The zero-order chi connectivity index (χ0) is 21.5. The fourth-order valence-corrected chi connectivity index (χ4v) is 3.29. The molecule has 0 fully saturated rings. The van der Waals surface area contributed by atoms with Crippen molar-refractivity contribution in [3.05, 3.63) is 76.6 Å². The minimum absolute atomic E-state index is 0.0544. The largest absolute Gasteiger partial charge is 0.507 e. The van der Waals surface area contributed by atoms with Crippen LogP contribution in [0, 0.1) is 5.82 Å². The molecule has 0 aliphatic carbocycles. The maximum absolute atomic E-state index is 15.1. The Bertz CT molecular complexity index is 1040. The molecule has 156 valence electrons. The van der Waals surface area contributed by atoms with Gasteiger partial charge in [0.15, 0.2) is 6.29 Å². The highest BCUT2D eigenvalue weighted by atomic mass is 79.9. The van der Waals surface area contributed by atoms with Gasteiger partial charge in [0.05, 0.1) is 17.2 Å². The predicted molar refractivity (Wildman–Crippen MR) is 119 cm³/mol. The Kier molecular flexibility index (Phi) is 7.71. The first-order chi connectivity index (χ1) is 14.5. The molecule has 3 aromatic carbocycles. The lowest BCUT2D eigenvalue weighted by molar-refractivity contribution is 0.112. The summed E-state index contributed by atoms with van der Waals surface area (Å²) in [5.41, 5.74) is 1.50. The lowest BCUT2D eigenvalue weighted by atomic mass is 10.0. The van der Waals surface area contributed by atoms with Crippen LogP contribution in [0.2, 0.25) is 5.02 Å². The molecule has 0 atom stereocenters. The van der Waals surface area contributed by atoms with E-state index in [0.29, 0.717) is 35.3 Å². The molecule has 7 heteroatoms. The molecule has 3 rings (SSSR count). The van der Waals surface area contributed by atoms with E-state index in [0.717, 1.165) is 11.8 Å². The van der Waals surface area contributed by atoms with Crippen molar-refractivity contribution in [2.24, 2.45) is 0 Å². The van der Waals surface area contributed by atoms with E-state index in [1.807, 2.05) is 18.2 Å². The molecule has 0 radical (unpaired) electrons. The van der Waals surface area contributed by atoms with Crippen LogP contribution in [-0.2, 0) is 6.61 Å². The normalized spacial score (nSPS) is 10.6. The number of aldehydes is 1. The highest BCUT2D eigenvalue weighted by Crippen LogP contribution is 2.33. The lowest BCUT2D eigenvalue weighted by Gasteiger charge is -2.13. The van der Waals surface area contributed by atoms with Gasteiger partial charge in [-0.1, -0.05) is 57.9 Å². The van der Waals surface area contributed by atoms with Gasteiger partial charge in [-0.05, 0) is 30.2 Å². The quantitative estimate of drug-likeness (QED) is 0.213. The van der Waals surface area contributed by atoms with E-state index in [2.05, 4.69) is 15.9 Å². The standard InChI is InChI=1S/C23H19BrClFO4/c24-8-3-9-29-18-6-1-4-15(10-18)19-7-2-5-16(23(19)26)14-30-22-12-21(28)17(13-27)11-20(22)25/h1-2,4-7,10-13,28H,3,8-9,14H2. The fourth-order valence-electron chi connectivity index (χ4n) is 2.83. The number of aromatic hydroxyl groups is 1. The second-order valence-corrected chi connectivity index (χ2v) is 7.65. The molecule has 0 aliphatic rings. The Labute approximate surface area is 187 Å². The summed E-state index contributed by atoms with van der Waals surface area (Å²) in [6.45, 7) is 0.474. The number of phenolic OH excluding ortho intramolecular Hbond substituents is 1. The first-order valence-electron chi connectivity index (χ1n) is 9.20. The SMILES string of the molecule is O=Cc1cc(Cl)c(OCc2cccc(-c3cccc(OCCCBr)c3)c2F)cc1O. The van der Waals surface area contributed by atoms with Crippen LogP contribution in [-0.4, -0.2) is 23.3 Å². The summed E-state index contributed by atoms with van der Waals surface area (Å²) in [6, 6.07) is 14.8. The summed E-state index contributed by atoms with van der Waals surface area (Å²) in [7, 11) is 0. The number of alkyl halides is 1. The number of hydrogen-bond acceptors (Lipinski definition) is 4. The lowest BCUT2D eigenvalue weighted by Crippen LogP contribution is -2.01. The van der Waals surface area contributed by atoms with E-state index in [4.69, 9.17) is 21.1 Å². The van der Waals surface area contributed by atoms with Crippen LogP contribution in [0.25, 0.3) is 11.1 Å². The average Bonchev–Trinajstić information content (AvgIpc) is 2.75. The van der Waals surface area contributed by atoms with Crippen LogP contribution in [0.15, 0.2) is 54.6 Å². The van der Waals surface area contributed by atoms with Crippen LogP contribution >= 0.6 is 27.5 Å². The van der Waals surface area contributed by atoms with Crippen LogP contribution < -0.4 is 9.47 Å². The van der Waals surface area contributed by atoms with Crippen molar-refractivity contribution >= 4 is 33.8 Å². The van der Waals surface area contributed by atoms with Crippen molar-refractivity contribution in [2.45, 2.75) is 13.0 Å². The van der Waals surface area contributed by atoms with Crippen LogP contribution in [0.1, 0.15) is 22.3 Å². The molecule has 0 saturated carbocycles. The van der Waals surface area contributed by atoms with Crippen LogP contribution in [0.5, 0.6) is 17.2 Å². The highest BCUT2D eigenvalue weighted by molar-refractivity contribution is 9.09. The van der Waals surface area contributed by atoms with Gasteiger partial charge in [0.25, 0.3) is 0 Å².